The van der Waals surface area contributed by atoms with Crippen LogP contribution in [0.3, 0.4) is 0 Å². The maximum absolute atomic E-state index is 5.85. The Labute approximate surface area is 128 Å². The Hall–Kier alpha value is -0.890. The minimum atomic E-state index is 0.528. The number of hydrogen-bond donors (Lipinski definition) is 2. The lowest BCUT2D eigenvalue weighted by atomic mass is 10.2. The van der Waals surface area contributed by atoms with Crippen LogP contribution in [0.1, 0.15) is 12.5 Å². The molecule has 94 valence electrons. The van der Waals surface area contributed by atoms with Crippen molar-refractivity contribution >= 4 is 55.8 Å². The van der Waals surface area contributed by atoms with Crippen molar-refractivity contribution in [2.75, 3.05) is 11.1 Å². The molecular formula is C12H12BrIN4. The second kappa shape index (κ2) is 5.83. The molecule has 0 saturated heterocycles. The first-order valence-corrected chi connectivity index (χ1v) is 7.30. The average Bonchev–Trinajstić information content (AvgIpc) is 2.34. The molecule has 0 spiro atoms. The summed E-state index contributed by atoms with van der Waals surface area (Å²) in [7, 11) is 0. The molecule has 0 atom stereocenters. The van der Waals surface area contributed by atoms with Crippen molar-refractivity contribution in [3.63, 3.8) is 0 Å². The van der Waals surface area contributed by atoms with Crippen molar-refractivity contribution in [3.05, 3.63) is 38.1 Å². The third kappa shape index (κ3) is 2.92. The summed E-state index contributed by atoms with van der Waals surface area (Å²) in [6.45, 7) is 2.03. The zero-order valence-electron chi connectivity index (χ0n) is 9.74. The normalized spacial score (nSPS) is 10.4. The highest BCUT2D eigenvalue weighted by Crippen LogP contribution is 2.28. The van der Waals surface area contributed by atoms with E-state index in [0.29, 0.717) is 5.82 Å². The number of halogens is 2. The Bertz CT molecular complexity index is 574. The number of rotatable bonds is 3. The number of hydrogen-bond acceptors (Lipinski definition) is 4. The molecule has 0 aliphatic rings. The fraction of sp³-hybridized carbons (Fsp3) is 0.167. The average molecular weight is 419 g/mol. The molecule has 0 aliphatic heterocycles. The van der Waals surface area contributed by atoms with Crippen LogP contribution in [0.2, 0.25) is 0 Å². The highest BCUT2D eigenvalue weighted by atomic mass is 127. The van der Waals surface area contributed by atoms with Crippen molar-refractivity contribution in [3.8, 4) is 0 Å². The second-order valence-electron chi connectivity index (χ2n) is 3.69. The lowest BCUT2D eigenvalue weighted by molar-refractivity contribution is 1.06. The Kier molecular flexibility index (Phi) is 4.39. The molecule has 1 aromatic carbocycles. The van der Waals surface area contributed by atoms with E-state index in [0.717, 1.165) is 31.5 Å². The fourth-order valence-electron chi connectivity index (χ4n) is 1.60. The van der Waals surface area contributed by atoms with Crippen LogP contribution in [0.4, 0.5) is 17.3 Å². The van der Waals surface area contributed by atoms with E-state index < -0.39 is 0 Å². The smallest absolute Gasteiger partial charge is 0.139 e. The molecule has 0 bridgehead atoms. The number of aromatic nitrogens is 2. The number of nitrogens with two attached hydrogens (primary N) is 1. The van der Waals surface area contributed by atoms with Gasteiger partial charge in [-0.25, -0.2) is 9.97 Å². The molecule has 2 aromatic rings. The molecule has 2 rings (SSSR count). The first-order valence-electron chi connectivity index (χ1n) is 5.43. The summed E-state index contributed by atoms with van der Waals surface area (Å²) in [4.78, 5) is 8.26. The van der Waals surface area contributed by atoms with E-state index in [1.807, 2.05) is 25.1 Å². The molecule has 0 saturated carbocycles. The molecular weight excluding hydrogens is 407 g/mol. The van der Waals surface area contributed by atoms with Gasteiger partial charge in [0, 0.05) is 13.6 Å². The maximum atomic E-state index is 5.85. The standard InChI is InChI=1S/C12H12BrIN4/c1-2-8-11(15)16-6-17-12(8)18-10-5-7(13)3-4-9(10)14/h3-6H,2H2,1H3,(H3,15,16,17,18). The SMILES string of the molecule is CCc1c(N)ncnc1Nc1cc(Br)ccc1I. The van der Waals surface area contributed by atoms with E-state index in [4.69, 9.17) is 5.73 Å². The molecule has 6 heteroatoms. The van der Waals surface area contributed by atoms with Gasteiger partial charge in [-0.3, -0.25) is 0 Å². The van der Waals surface area contributed by atoms with Gasteiger partial charge in [-0.05, 0) is 47.2 Å². The first-order chi connectivity index (χ1) is 8.61. The van der Waals surface area contributed by atoms with Gasteiger partial charge >= 0.3 is 0 Å². The summed E-state index contributed by atoms with van der Waals surface area (Å²) in [5, 5.41) is 3.30. The van der Waals surface area contributed by atoms with E-state index in [9.17, 15) is 0 Å². The van der Waals surface area contributed by atoms with Gasteiger partial charge < -0.3 is 11.1 Å². The van der Waals surface area contributed by atoms with Gasteiger partial charge in [0.05, 0.1) is 5.69 Å². The number of anilines is 3. The molecule has 1 heterocycles. The summed E-state index contributed by atoms with van der Waals surface area (Å²) in [5.74, 6) is 1.29. The lowest BCUT2D eigenvalue weighted by Gasteiger charge is -2.12. The largest absolute Gasteiger partial charge is 0.383 e. The first kappa shape index (κ1) is 13.5. The lowest BCUT2D eigenvalue weighted by Crippen LogP contribution is -2.05. The van der Waals surface area contributed by atoms with Gasteiger partial charge in [-0.1, -0.05) is 22.9 Å². The molecule has 0 radical (unpaired) electrons. The zero-order valence-corrected chi connectivity index (χ0v) is 13.5. The molecule has 4 nitrogen and oxygen atoms in total. The molecule has 18 heavy (non-hydrogen) atoms. The van der Waals surface area contributed by atoms with Crippen molar-refractivity contribution in [1.82, 2.24) is 9.97 Å². The zero-order chi connectivity index (χ0) is 13.1. The van der Waals surface area contributed by atoms with Crippen LogP contribution < -0.4 is 11.1 Å². The van der Waals surface area contributed by atoms with Crippen LogP contribution in [-0.4, -0.2) is 9.97 Å². The summed E-state index contributed by atoms with van der Waals surface area (Å²) in [6.07, 6.45) is 2.27. The Morgan fingerprint density at radius 3 is 2.89 bits per heavy atom. The van der Waals surface area contributed by atoms with Crippen molar-refractivity contribution in [2.45, 2.75) is 13.3 Å². The van der Waals surface area contributed by atoms with Crippen LogP contribution in [0.25, 0.3) is 0 Å². The quantitative estimate of drug-likeness (QED) is 0.745. The summed E-state index contributed by atoms with van der Waals surface area (Å²) < 4.78 is 2.14. The van der Waals surface area contributed by atoms with E-state index >= 15 is 0 Å². The highest BCUT2D eigenvalue weighted by Gasteiger charge is 2.09. The van der Waals surface area contributed by atoms with E-state index in [-0.39, 0.29) is 0 Å². The molecule has 0 aliphatic carbocycles. The van der Waals surface area contributed by atoms with E-state index in [1.165, 1.54) is 6.33 Å². The molecule has 0 fully saturated rings. The number of nitrogens with zero attached hydrogens (tertiary/aromatic N) is 2. The van der Waals surface area contributed by atoms with Gasteiger partial charge in [0.15, 0.2) is 0 Å². The van der Waals surface area contributed by atoms with Crippen LogP contribution >= 0.6 is 38.5 Å². The van der Waals surface area contributed by atoms with Crippen LogP contribution in [0.15, 0.2) is 29.0 Å². The number of nitrogen functional groups attached to an aromatic ring is 1. The Morgan fingerprint density at radius 1 is 1.39 bits per heavy atom. The Balaban J connectivity index is 2.40. The Morgan fingerprint density at radius 2 is 2.17 bits per heavy atom. The fourth-order valence-corrected chi connectivity index (χ4v) is 2.43. The predicted molar refractivity (Wildman–Crippen MR) is 86.0 cm³/mol. The van der Waals surface area contributed by atoms with Crippen LogP contribution in [0.5, 0.6) is 0 Å². The van der Waals surface area contributed by atoms with Gasteiger partial charge in [-0.2, -0.15) is 0 Å². The van der Waals surface area contributed by atoms with Crippen LogP contribution in [0, 0.1) is 3.57 Å². The predicted octanol–water partition coefficient (Wildman–Crippen LogP) is 3.73. The van der Waals surface area contributed by atoms with Crippen molar-refractivity contribution in [1.29, 1.82) is 0 Å². The summed E-state index contributed by atoms with van der Waals surface area (Å²) in [5.41, 5.74) is 7.79. The van der Waals surface area contributed by atoms with Crippen molar-refractivity contribution in [2.24, 2.45) is 0 Å². The number of benzene rings is 1. The maximum Gasteiger partial charge on any atom is 0.139 e. The minimum Gasteiger partial charge on any atom is -0.383 e. The summed E-state index contributed by atoms with van der Waals surface area (Å²) in [6, 6.07) is 6.05. The number of nitrogens with one attached hydrogen (secondary N) is 1. The van der Waals surface area contributed by atoms with E-state index in [1.54, 1.807) is 0 Å². The van der Waals surface area contributed by atoms with Crippen LogP contribution in [-0.2, 0) is 6.42 Å². The third-order valence-electron chi connectivity index (χ3n) is 2.51. The minimum absolute atomic E-state index is 0.528. The van der Waals surface area contributed by atoms with E-state index in [2.05, 4.69) is 53.8 Å². The topological polar surface area (TPSA) is 63.8 Å². The van der Waals surface area contributed by atoms with Gasteiger partial charge in [0.1, 0.15) is 18.0 Å². The van der Waals surface area contributed by atoms with Gasteiger partial charge in [-0.15, -0.1) is 0 Å². The molecule has 3 N–H and O–H groups in total. The second-order valence-corrected chi connectivity index (χ2v) is 5.77. The monoisotopic (exact) mass is 418 g/mol. The third-order valence-corrected chi connectivity index (χ3v) is 3.95. The summed E-state index contributed by atoms with van der Waals surface area (Å²) >= 11 is 5.74. The molecule has 0 unspecified atom stereocenters. The highest BCUT2D eigenvalue weighted by molar-refractivity contribution is 14.1. The van der Waals surface area contributed by atoms with Gasteiger partial charge in [0.2, 0.25) is 0 Å². The molecule has 0 amide bonds. The molecule has 1 aromatic heterocycles. The van der Waals surface area contributed by atoms with Gasteiger partial charge in [0.25, 0.3) is 0 Å². The van der Waals surface area contributed by atoms with Crippen molar-refractivity contribution < 1.29 is 0 Å².